The number of hydrogen-bond acceptors (Lipinski definition) is 1. The van der Waals surface area contributed by atoms with Crippen molar-refractivity contribution in [3.63, 3.8) is 0 Å². The van der Waals surface area contributed by atoms with Gasteiger partial charge in [-0.3, -0.25) is 0 Å². The van der Waals surface area contributed by atoms with Crippen molar-refractivity contribution in [1.29, 1.82) is 0 Å². The van der Waals surface area contributed by atoms with Crippen LogP contribution in [0, 0.1) is 18.3 Å². The molecule has 0 heterocycles. The summed E-state index contributed by atoms with van der Waals surface area (Å²) in [6.45, 7) is 3.05. The first kappa shape index (κ1) is 9.61. The summed E-state index contributed by atoms with van der Waals surface area (Å²) in [5, 5.41) is 0. The van der Waals surface area contributed by atoms with Crippen LogP contribution in [-0.2, 0) is 4.74 Å². The van der Waals surface area contributed by atoms with Crippen LogP contribution < -0.4 is 0 Å². The van der Waals surface area contributed by atoms with Crippen LogP contribution in [-0.4, -0.2) is 12.7 Å². The van der Waals surface area contributed by atoms with Crippen molar-refractivity contribution in [2.24, 2.45) is 5.92 Å². The monoisotopic (exact) mass is 166 g/mol. The standard InChI is InChI=1S/C11H18O/c1-3-9-12-11-7-5-10(4-2)6-8-11/h2,10-11H,3,5-9H2,1H3. The van der Waals surface area contributed by atoms with E-state index in [4.69, 9.17) is 11.2 Å². The van der Waals surface area contributed by atoms with Gasteiger partial charge in [0.1, 0.15) is 0 Å². The van der Waals surface area contributed by atoms with Gasteiger partial charge in [-0.15, -0.1) is 12.3 Å². The molecule has 0 aliphatic heterocycles. The highest BCUT2D eigenvalue weighted by Gasteiger charge is 2.19. The zero-order valence-electron chi connectivity index (χ0n) is 7.88. The Labute approximate surface area is 75.5 Å². The van der Waals surface area contributed by atoms with E-state index in [1.165, 1.54) is 0 Å². The van der Waals surface area contributed by atoms with Crippen LogP contribution in [0.15, 0.2) is 0 Å². The topological polar surface area (TPSA) is 9.23 Å². The van der Waals surface area contributed by atoms with Crippen molar-refractivity contribution in [2.45, 2.75) is 45.1 Å². The fourth-order valence-electron chi connectivity index (χ4n) is 1.68. The highest BCUT2D eigenvalue weighted by molar-refractivity contribution is 4.95. The lowest BCUT2D eigenvalue weighted by molar-refractivity contribution is 0.0234. The Kier molecular flexibility index (Phi) is 4.18. The molecule has 0 saturated heterocycles. The molecular weight excluding hydrogens is 148 g/mol. The molecule has 0 N–H and O–H groups in total. The highest BCUT2D eigenvalue weighted by Crippen LogP contribution is 2.25. The van der Waals surface area contributed by atoms with E-state index in [1.807, 2.05) is 0 Å². The van der Waals surface area contributed by atoms with Gasteiger partial charge in [0.15, 0.2) is 0 Å². The average Bonchev–Trinajstić information content (AvgIpc) is 2.15. The average molecular weight is 166 g/mol. The zero-order chi connectivity index (χ0) is 8.81. The van der Waals surface area contributed by atoms with Crippen LogP contribution in [0.2, 0.25) is 0 Å². The van der Waals surface area contributed by atoms with Crippen molar-refractivity contribution >= 4 is 0 Å². The molecule has 1 aliphatic rings. The minimum Gasteiger partial charge on any atom is -0.378 e. The van der Waals surface area contributed by atoms with Gasteiger partial charge in [-0.1, -0.05) is 6.92 Å². The molecule has 0 aromatic carbocycles. The molecule has 12 heavy (non-hydrogen) atoms. The molecule has 1 nitrogen and oxygen atoms in total. The molecule has 1 heteroatoms. The highest BCUT2D eigenvalue weighted by atomic mass is 16.5. The number of hydrogen-bond donors (Lipinski definition) is 0. The zero-order valence-corrected chi connectivity index (χ0v) is 7.88. The Hall–Kier alpha value is -0.480. The van der Waals surface area contributed by atoms with Crippen LogP contribution in [0.1, 0.15) is 39.0 Å². The quantitative estimate of drug-likeness (QED) is 0.586. The first-order chi connectivity index (χ1) is 5.86. The molecule has 0 bridgehead atoms. The van der Waals surface area contributed by atoms with Gasteiger partial charge in [-0.2, -0.15) is 0 Å². The summed E-state index contributed by atoms with van der Waals surface area (Å²) in [7, 11) is 0. The van der Waals surface area contributed by atoms with Gasteiger partial charge < -0.3 is 4.74 Å². The fraction of sp³-hybridized carbons (Fsp3) is 0.818. The molecule has 1 rings (SSSR count). The fourth-order valence-corrected chi connectivity index (χ4v) is 1.68. The smallest absolute Gasteiger partial charge is 0.0576 e. The lowest BCUT2D eigenvalue weighted by Crippen LogP contribution is -2.21. The summed E-state index contributed by atoms with van der Waals surface area (Å²) in [5.41, 5.74) is 0. The lowest BCUT2D eigenvalue weighted by atomic mass is 9.88. The van der Waals surface area contributed by atoms with E-state index < -0.39 is 0 Å². The van der Waals surface area contributed by atoms with Crippen LogP contribution in [0.25, 0.3) is 0 Å². The molecule has 0 unspecified atom stereocenters. The van der Waals surface area contributed by atoms with Crippen molar-refractivity contribution in [1.82, 2.24) is 0 Å². The van der Waals surface area contributed by atoms with Gasteiger partial charge in [-0.25, -0.2) is 0 Å². The second-order valence-corrected chi connectivity index (χ2v) is 3.51. The van der Waals surface area contributed by atoms with Crippen LogP contribution in [0.4, 0.5) is 0 Å². The van der Waals surface area contributed by atoms with Gasteiger partial charge in [0.25, 0.3) is 0 Å². The SMILES string of the molecule is C#CC1CCC(OCCC)CC1. The predicted octanol–water partition coefficient (Wildman–Crippen LogP) is 2.61. The summed E-state index contributed by atoms with van der Waals surface area (Å²) in [6, 6.07) is 0. The first-order valence-electron chi connectivity index (χ1n) is 4.94. The molecule has 68 valence electrons. The third kappa shape index (κ3) is 2.87. The normalized spacial score (nSPS) is 29.7. The van der Waals surface area contributed by atoms with E-state index in [0.29, 0.717) is 12.0 Å². The molecule has 0 aromatic heterocycles. The third-order valence-electron chi connectivity index (χ3n) is 2.47. The van der Waals surface area contributed by atoms with Crippen molar-refractivity contribution in [2.75, 3.05) is 6.61 Å². The minimum atomic E-state index is 0.495. The minimum absolute atomic E-state index is 0.495. The third-order valence-corrected chi connectivity index (χ3v) is 2.47. The van der Waals surface area contributed by atoms with E-state index in [2.05, 4.69) is 12.8 Å². The summed E-state index contributed by atoms with van der Waals surface area (Å²) in [6.07, 6.45) is 11.6. The molecule has 0 spiro atoms. The van der Waals surface area contributed by atoms with Crippen molar-refractivity contribution < 1.29 is 4.74 Å². The van der Waals surface area contributed by atoms with E-state index >= 15 is 0 Å². The van der Waals surface area contributed by atoms with Crippen LogP contribution in [0.3, 0.4) is 0 Å². The second-order valence-electron chi connectivity index (χ2n) is 3.51. The van der Waals surface area contributed by atoms with Gasteiger partial charge >= 0.3 is 0 Å². The largest absolute Gasteiger partial charge is 0.378 e. The summed E-state index contributed by atoms with van der Waals surface area (Å²) < 4.78 is 5.66. The number of rotatable bonds is 3. The Morgan fingerprint density at radius 1 is 1.33 bits per heavy atom. The molecule has 0 atom stereocenters. The van der Waals surface area contributed by atoms with Gasteiger partial charge in [0, 0.05) is 12.5 Å². The molecule has 1 fully saturated rings. The van der Waals surface area contributed by atoms with Crippen LogP contribution in [0.5, 0.6) is 0 Å². The molecule has 0 radical (unpaired) electrons. The van der Waals surface area contributed by atoms with Crippen molar-refractivity contribution in [3.05, 3.63) is 0 Å². The van der Waals surface area contributed by atoms with E-state index in [1.54, 1.807) is 0 Å². The summed E-state index contributed by atoms with van der Waals surface area (Å²) in [5.74, 6) is 3.34. The molecule has 1 saturated carbocycles. The predicted molar refractivity (Wildman–Crippen MR) is 50.8 cm³/mol. The van der Waals surface area contributed by atoms with E-state index in [-0.39, 0.29) is 0 Å². The second kappa shape index (κ2) is 5.22. The Morgan fingerprint density at radius 3 is 2.50 bits per heavy atom. The van der Waals surface area contributed by atoms with Gasteiger partial charge in [-0.05, 0) is 32.1 Å². The Morgan fingerprint density at radius 2 is 2.00 bits per heavy atom. The molecule has 0 amide bonds. The Bertz CT molecular complexity index is 149. The maximum absolute atomic E-state index is 5.66. The Balaban J connectivity index is 2.14. The number of ether oxygens (including phenoxy) is 1. The first-order valence-corrected chi connectivity index (χ1v) is 4.94. The molecule has 1 aliphatic carbocycles. The van der Waals surface area contributed by atoms with E-state index in [9.17, 15) is 0 Å². The van der Waals surface area contributed by atoms with Crippen LogP contribution >= 0.6 is 0 Å². The summed E-state index contributed by atoms with van der Waals surface area (Å²) in [4.78, 5) is 0. The maximum atomic E-state index is 5.66. The van der Waals surface area contributed by atoms with Gasteiger partial charge in [0.2, 0.25) is 0 Å². The van der Waals surface area contributed by atoms with Gasteiger partial charge in [0.05, 0.1) is 6.10 Å². The summed E-state index contributed by atoms with van der Waals surface area (Å²) >= 11 is 0. The molecular formula is C11H18O. The molecule has 0 aromatic rings. The number of terminal acetylenes is 1. The van der Waals surface area contributed by atoms with Crippen molar-refractivity contribution in [3.8, 4) is 12.3 Å². The van der Waals surface area contributed by atoms with E-state index in [0.717, 1.165) is 38.7 Å². The lowest BCUT2D eigenvalue weighted by Gasteiger charge is -2.25. The maximum Gasteiger partial charge on any atom is 0.0576 e.